The SMILES string of the molecule is O=[N+]([O-])c1ccc(C[C@H](O)c2ccncc2)c([N+](=O)[O-])c1. The maximum Gasteiger partial charge on any atom is 0.279 e. The maximum atomic E-state index is 11.0. The average Bonchev–Trinajstić information content (AvgIpc) is 2.48. The molecule has 0 saturated carbocycles. The second-order valence-corrected chi connectivity index (χ2v) is 4.33. The Hall–Kier alpha value is -2.87. The van der Waals surface area contributed by atoms with Crippen molar-refractivity contribution in [1.82, 2.24) is 4.98 Å². The predicted molar refractivity (Wildman–Crippen MR) is 72.7 cm³/mol. The molecule has 1 atom stereocenters. The molecule has 0 aliphatic heterocycles. The van der Waals surface area contributed by atoms with E-state index in [1.165, 1.54) is 24.5 Å². The number of hydrogen-bond acceptors (Lipinski definition) is 6. The Bertz CT molecular complexity index is 675. The van der Waals surface area contributed by atoms with Gasteiger partial charge in [0.2, 0.25) is 0 Å². The number of pyridine rings is 1. The molecule has 1 aromatic heterocycles. The number of benzene rings is 1. The van der Waals surface area contributed by atoms with Crippen molar-refractivity contribution in [2.45, 2.75) is 12.5 Å². The van der Waals surface area contributed by atoms with Crippen LogP contribution in [0.25, 0.3) is 0 Å². The first-order valence-corrected chi connectivity index (χ1v) is 5.98. The first kappa shape index (κ1) is 14.5. The average molecular weight is 289 g/mol. The van der Waals surface area contributed by atoms with Crippen molar-refractivity contribution in [1.29, 1.82) is 0 Å². The highest BCUT2D eigenvalue weighted by Gasteiger charge is 2.21. The zero-order valence-electron chi connectivity index (χ0n) is 10.7. The summed E-state index contributed by atoms with van der Waals surface area (Å²) in [6, 6.07) is 6.57. The number of rotatable bonds is 5. The number of non-ortho nitro benzene ring substituents is 1. The number of aromatic nitrogens is 1. The largest absolute Gasteiger partial charge is 0.388 e. The van der Waals surface area contributed by atoms with Gasteiger partial charge in [-0.25, -0.2) is 0 Å². The minimum Gasteiger partial charge on any atom is -0.388 e. The van der Waals surface area contributed by atoms with E-state index < -0.39 is 16.0 Å². The van der Waals surface area contributed by atoms with E-state index in [-0.39, 0.29) is 23.4 Å². The monoisotopic (exact) mass is 289 g/mol. The van der Waals surface area contributed by atoms with E-state index >= 15 is 0 Å². The lowest BCUT2D eigenvalue weighted by Gasteiger charge is -2.10. The highest BCUT2D eigenvalue weighted by atomic mass is 16.6. The molecule has 0 saturated heterocycles. The van der Waals surface area contributed by atoms with Crippen molar-refractivity contribution in [3.8, 4) is 0 Å². The molecule has 1 heterocycles. The summed E-state index contributed by atoms with van der Waals surface area (Å²) in [5.41, 5.74) is 0.0636. The molecule has 0 fully saturated rings. The van der Waals surface area contributed by atoms with Gasteiger partial charge in [0.05, 0.1) is 22.0 Å². The van der Waals surface area contributed by atoms with Gasteiger partial charge in [-0.1, -0.05) is 0 Å². The van der Waals surface area contributed by atoms with Gasteiger partial charge in [0, 0.05) is 30.4 Å². The Morgan fingerprint density at radius 3 is 2.33 bits per heavy atom. The molecule has 0 spiro atoms. The van der Waals surface area contributed by atoms with Crippen molar-refractivity contribution in [2.24, 2.45) is 0 Å². The molecule has 21 heavy (non-hydrogen) atoms. The van der Waals surface area contributed by atoms with Crippen molar-refractivity contribution in [3.63, 3.8) is 0 Å². The summed E-state index contributed by atoms with van der Waals surface area (Å²) in [5.74, 6) is 0. The number of nitro benzene ring substituents is 2. The number of nitrogens with zero attached hydrogens (tertiary/aromatic N) is 3. The van der Waals surface area contributed by atoms with Gasteiger partial charge >= 0.3 is 0 Å². The molecule has 1 N–H and O–H groups in total. The molecule has 8 nitrogen and oxygen atoms in total. The summed E-state index contributed by atoms with van der Waals surface area (Å²) in [4.78, 5) is 24.1. The highest BCUT2D eigenvalue weighted by Crippen LogP contribution is 2.28. The van der Waals surface area contributed by atoms with Gasteiger partial charge in [0.15, 0.2) is 0 Å². The summed E-state index contributed by atoms with van der Waals surface area (Å²) in [5, 5.41) is 31.7. The molecule has 0 radical (unpaired) electrons. The topological polar surface area (TPSA) is 119 Å². The molecule has 0 aliphatic carbocycles. The third-order valence-electron chi connectivity index (χ3n) is 2.98. The molecule has 0 bridgehead atoms. The van der Waals surface area contributed by atoms with Gasteiger partial charge < -0.3 is 5.11 Å². The van der Waals surface area contributed by atoms with Crippen LogP contribution >= 0.6 is 0 Å². The Morgan fingerprint density at radius 2 is 1.76 bits per heavy atom. The lowest BCUT2D eigenvalue weighted by molar-refractivity contribution is -0.394. The number of aliphatic hydroxyl groups is 1. The zero-order chi connectivity index (χ0) is 15.4. The normalized spacial score (nSPS) is 11.9. The van der Waals surface area contributed by atoms with Gasteiger partial charge in [-0.2, -0.15) is 0 Å². The van der Waals surface area contributed by atoms with Gasteiger partial charge in [0.25, 0.3) is 11.4 Å². The van der Waals surface area contributed by atoms with E-state index in [4.69, 9.17) is 0 Å². The van der Waals surface area contributed by atoms with Crippen LogP contribution in [0, 0.1) is 20.2 Å². The molecule has 0 aliphatic rings. The van der Waals surface area contributed by atoms with Crippen LogP contribution in [-0.4, -0.2) is 19.9 Å². The molecule has 8 heteroatoms. The van der Waals surface area contributed by atoms with Gasteiger partial charge in [-0.3, -0.25) is 25.2 Å². The summed E-state index contributed by atoms with van der Waals surface area (Å²) in [6.45, 7) is 0. The van der Waals surface area contributed by atoms with Gasteiger partial charge in [0.1, 0.15) is 0 Å². The smallest absolute Gasteiger partial charge is 0.279 e. The Balaban J connectivity index is 2.31. The molecule has 108 valence electrons. The number of hydrogen-bond donors (Lipinski definition) is 1. The van der Waals surface area contributed by atoms with Crippen LogP contribution in [-0.2, 0) is 6.42 Å². The zero-order valence-corrected chi connectivity index (χ0v) is 10.7. The molecule has 2 aromatic rings. The predicted octanol–water partition coefficient (Wildman–Crippen LogP) is 2.17. The van der Waals surface area contributed by atoms with E-state index in [0.717, 1.165) is 6.07 Å². The van der Waals surface area contributed by atoms with E-state index in [1.54, 1.807) is 12.1 Å². The van der Waals surface area contributed by atoms with Crippen LogP contribution in [0.5, 0.6) is 0 Å². The van der Waals surface area contributed by atoms with Crippen LogP contribution in [0.1, 0.15) is 17.2 Å². The molecular formula is C13H11N3O5. The quantitative estimate of drug-likeness (QED) is 0.665. The molecule has 0 amide bonds. The lowest BCUT2D eigenvalue weighted by Crippen LogP contribution is -2.05. The van der Waals surface area contributed by atoms with Crippen LogP contribution in [0.3, 0.4) is 0 Å². The van der Waals surface area contributed by atoms with E-state index in [9.17, 15) is 25.3 Å². The van der Waals surface area contributed by atoms with Crippen molar-refractivity contribution in [2.75, 3.05) is 0 Å². The fraction of sp³-hybridized carbons (Fsp3) is 0.154. The minimum atomic E-state index is -0.951. The third kappa shape index (κ3) is 3.37. The standard InChI is InChI=1S/C13H11N3O5/c17-13(9-3-5-14-6-4-9)7-10-1-2-11(15(18)19)8-12(10)16(20)21/h1-6,8,13,17H,7H2/t13-/m0/s1. The van der Waals surface area contributed by atoms with Crippen molar-refractivity contribution >= 4 is 11.4 Å². The Labute approximate surface area is 119 Å². The van der Waals surface area contributed by atoms with E-state index in [1.807, 2.05) is 0 Å². The lowest BCUT2D eigenvalue weighted by atomic mass is 10.0. The summed E-state index contributed by atoms with van der Waals surface area (Å²) < 4.78 is 0. The fourth-order valence-electron chi connectivity index (χ4n) is 1.92. The van der Waals surface area contributed by atoms with E-state index in [0.29, 0.717) is 5.56 Å². The van der Waals surface area contributed by atoms with E-state index in [2.05, 4.69) is 4.98 Å². The van der Waals surface area contributed by atoms with Crippen LogP contribution in [0.2, 0.25) is 0 Å². The first-order valence-electron chi connectivity index (χ1n) is 5.98. The van der Waals surface area contributed by atoms with Gasteiger partial charge in [-0.15, -0.1) is 0 Å². The Morgan fingerprint density at radius 1 is 1.10 bits per heavy atom. The van der Waals surface area contributed by atoms with Crippen LogP contribution in [0.4, 0.5) is 11.4 Å². The fourth-order valence-corrected chi connectivity index (χ4v) is 1.92. The molecule has 0 unspecified atom stereocenters. The summed E-state index contributed by atoms with van der Waals surface area (Å²) in [6.07, 6.45) is 2.04. The number of aliphatic hydroxyl groups excluding tert-OH is 1. The summed E-state index contributed by atoms with van der Waals surface area (Å²) >= 11 is 0. The first-order chi connectivity index (χ1) is 9.99. The second kappa shape index (κ2) is 6.06. The summed E-state index contributed by atoms with van der Waals surface area (Å²) in [7, 11) is 0. The van der Waals surface area contributed by atoms with Gasteiger partial charge in [-0.05, 0) is 23.8 Å². The minimum absolute atomic E-state index is 0.0156. The second-order valence-electron chi connectivity index (χ2n) is 4.33. The highest BCUT2D eigenvalue weighted by molar-refractivity contribution is 5.49. The maximum absolute atomic E-state index is 11.0. The molecule has 1 aromatic carbocycles. The molecular weight excluding hydrogens is 278 g/mol. The van der Waals surface area contributed by atoms with Crippen molar-refractivity contribution < 1.29 is 15.0 Å². The third-order valence-corrected chi connectivity index (χ3v) is 2.98. The van der Waals surface area contributed by atoms with Crippen LogP contribution < -0.4 is 0 Å². The molecule has 2 rings (SSSR count). The number of nitro groups is 2. The van der Waals surface area contributed by atoms with Crippen LogP contribution in [0.15, 0.2) is 42.7 Å². The Kier molecular flexibility index (Phi) is 4.19. The van der Waals surface area contributed by atoms with Crippen molar-refractivity contribution in [3.05, 3.63) is 74.1 Å².